The summed E-state index contributed by atoms with van der Waals surface area (Å²) in [5.74, 6) is 0. The van der Waals surface area contributed by atoms with Gasteiger partial charge >= 0.3 is 0 Å². The third-order valence-corrected chi connectivity index (χ3v) is 3.66. The lowest BCUT2D eigenvalue weighted by atomic mass is 9.74. The molecule has 1 saturated heterocycles. The fourth-order valence-electron chi connectivity index (χ4n) is 2.44. The van der Waals surface area contributed by atoms with E-state index in [1.54, 1.807) is 0 Å². The summed E-state index contributed by atoms with van der Waals surface area (Å²) < 4.78 is 0. The minimum absolute atomic E-state index is 0.606. The summed E-state index contributed by atoms with van der Waals surface area (Å²) in [6, 6.07) is 0. The molecule has 1 nitrogen and oxygen atoms in total. The zero-order valence-corrected chi connectivity index (χ0v) is 7.74. The molecular formula is C10H19N. The van der Waals surface area contributed by atoms with Crippen LogP contribution in [0.5, 0.6) is 0 Å². The molecule has 0 aromatic heterocycles. The summed E-state index contributed by atoms with van der Waals surface area (Å²) in [5.41, 5.74) is 1.36. The molecule has 0 amide bonds. The summed E-state index contributed by atoms with van der Waals surface area (Å²) >= 11 is 0. The van der Waals surface area contributed by atoms with Crippen LogP contribution in [0.15, 0.2) is 0 Å². The lowest BCUT2D eigenvalue weighted by Crippen LogP contribution is -2.43. The van der Waals surface area contributed by atoms with Gasteiger partial charge in [-0.15, -0.1) is 0 Å². The van der Waals surface area contributed by atoms with Gasteiger partial charge in [0.25, 0.3) is 0 Å². The van der Waals surface area contributed by atoms with E-state index in [1.807, 2.05) is 0 Å². The Balaban J connectivity index is 2.03. The van der Waals surface area contributed by atoms with E-state index in [4.69, 9.17) is 0 Å². The molecule has 1 N–H and O–H groups in total. The van der Waals surface area contributed by atoms with E-state index in [0.29, 0.717) is 5.41 Å². The average molecular weight is 153 g/mol. The van der Waals surface area contributed by atoms with Gasteiger partial charge in [-0.3, -0.25) is 0 Å². The first kappa shape index (κ1) is 7.60. The standard InChI is InChI=1S/C10H19N/c1-3-9(2)6-10(4-5-10)8-11-7-9/h11H,3-8H2,1-2H3. The predicted molar refractivity (Wildman–Crippen MR) is 47.6 cm³/mol. The van der Waals surface area contributed by atoms with Crippen LogP contribution in [0.4, 0.5) is 0 Å². The minimum atomic E-state index is 0.606. The predicted octanol–water partition coefficient (Wildman–Crippen LogP) is 2.18. The van der Waals surface area contributed by atoms with Crippen LogP contribution in [0, 0.1) is 10.8 Å². The normalized spacial score (nSPS) is 40.9. The Kier molecular flexibility index (Phi) is 1.54. The zero-order valence-electron chi connectivity index (χ0n) is 7.74. The molecule has 1 heteroatoms. The Bertz CT molecular complexity index is 160. The van der Waals surface area contributed by atoms with Crippen LogP contribution in [0.25, 0.3) is 0 Å². The number of hydrogen-bond acceptors (Lipinski definition) is 1. The van der Waals surface area contributed by atoms with Crippen molar-refractivity contribution < 1.29 is 0 Å². The third-order valence-electron chi connectivity index (χ3n) is 3.66. The van der Waals surface area contributed by atoms with Gasteiger partial charge in [-0.1, -0.05) is 13.8 Å². The molecule has 11 heavy (non-hydrogen) atoms. The smallest absolute Gasteiger partial charge is 0.000826 e. The fraction of sp³-hybridized carbons (Fsp3) is 1.00. The van der Waals surface area contributed by atoms with E-state index in [-0.39, 0.29) is 0 Å². The minimum Gasteiger partial charge on any atom is -0.316 e. The number of piperidine rings is 1. The highest BCUT2D eigenvalue weighted by molar-refractivity contribution is 5.02. The second kappa shape index (κ2) is 2.22. The Labute approximate surface area is 69.6 Å². The molecule has 1 aliphatic heterocycles. The van der Waals surface area contributed by atoms with Crippen molar-refractivity contribution in [2.45, 2.75) is 39.5 Å². The zero-order chi connectivity index (χ0) is 7.95. The van der Waals surface area contributed by atoms with E-state index >= 15 is 0 Å². The van der Waals surface area contributed by atoms with Crippen molar-refractivity contribution in [3.63, 3.8) is 0 Å². The van der Waals surface area contributed by atoms with Crippen LogP contribution < -0.4 is 5.32 Å². The molecule has 1 heterocycles. The second-order valence-corrected chi connectivity index (χ2v) is 4.94. The topological polar surface area (TPSA) is 12.0 Å². The molecule has 1 spiro atoms. The maximum absolute atomic E-state index is 3.58. The molecule has 1 unspecified atom stereocenters. The van der Waals surface area contributed by atoms with Crippen LogP contribution in [0.2, 0.25) is 0 Å². The molecule has 0 aromatic carbocycles. The van der Waals surface area contributed by atoms with E-state index in [9.17, 15) is 0 Å². The lowest BCUT2D eigenvalue weighted by molar-refractivity contribution is 0.159. The van der Waals surface area contributed by atoms with Crippen LogP contribution in [0.1, 0.15) is 39.5 Å². The first-order valence-electron chi connectivity index (χ1n) is 4.89. The van der Waals surface area contributed by atoms with Gasteiger partial charge in [0, 0.05) is 13.1 Å². The molecule has 1 atom stereocenters. The van der Waals surface area contributed by atoms with Crippen molar-refractivity contribution in [2.75, 3.05) is 13.1 Å². The summed E-state index contributed by atoms with van der Waals surface area (Å²) in [6.45, 7) is 7.29. The van der Waals surface area contributed by atoms with E-state index in [2.05, 4.69) is 19.2 Å². The third kappa shape index (κ3) is 1.31. The Morgan fingerprint density at radius 2 is 2.00 bits per heavy atom. The van der Waals surface area contributed by atoms with Crippen LogP contribution >= 0.6 is 0 Å². The van der Waals surface area contributed by atoms with Gasteiger partial charge in [0.1, 0.15) is 0 Å². The lowest BCUT2D eigenvalue weighted by Gasteiger charge is -2.38. The summed E-state index contributed by atoms with van der Waals surface area (Å²) in [7, 11) is 0. The molecule has 1 saturated carbocycles. The van der Waals surface area contributed by atoms with Gasteiger partial charge in [-0.05, 0) is 36.5 Å². The molecule has 64 valence electrons. The molecule has 0 radical (unpaired) electrons. The molecular weight excluding hydrogens is 134 g/mol. The first-order chi connectivity index (χ1) is 5.18. The van der Waals surface area contributed by atoms with Crippen LogP contribution in [0.3, 0.4) is 0 Å². The summed E-state index contributed by atoms with van der Waals surface area (Å²) in [5, 5.41) is 3.58. The highest BCUT2D eigenvalue weighted by atomic mass is 14.9. The van der Waals surface area contributed by atoms with Crippen LogP contribution in [-0.4, -0.2) is 13.1 Å². The van der Waals surface area contributed by atoms with E-state index in [1.165, 1.54) is 38.8 Å². The number of rotatable bonds is 1. The monoisotopic (exact) mass is 153 g/mol. The molecule has 0 bridgehead atoms. The van der Waals surface area contributed by atoms with Crippen molar-refractivity contribution in [2.24, 2.45) is 10.8 Å². The van der Waals surface area contributed by atoms with Crippen molar-refractivity contribution >= 4 is 0 Å². The van der Waals surface area contributed by atoms with E-state index in [0.717, 1.165) is 5.41 Å². The largest absolute Gasteiger partial charge is 0.316 e. The number of hydrogen-bond donors (Lipinski definition) is 1. The second-order valence-electron chi connectivity index (χ2n) is 4.94. The quantitative estimate of drug-likeness (QED) is 0.609. The molecule has 2 rings (SSSR count). The maximum atomic E-state index is 3.58. The Morgan fingerprint density at radius 3 is 2.55 bits per heavy atom. The van der Waals surface area contributed by atoms with Crippen molar-refractivity contribution in [1.82, 2.24) is 5.32 Å². The van der Waals surface area contributed by atoms with Crippen molar-refractivity contribution in [3.8, 4) is 0 Å². The van der Waals surface area contributed by atoms with Crippen LogP contribution in [-0.2, 0) is 0 Å². The Hall–Kier alpha value is -0.0400. The van der Waals surface area contributed by atoms with Gasteiger partial charge < -0.3 is 5.32 Å². The molecule has 2 fully saturated rings. The highest BCUT2D eigenvalue weighted by Crippen LogP contribution is 2.55. The van der Waals surface area contributed by atoms with Crippen molar-refractivity contribution in [3.05, 3.63) is 0 Å². The fourth-order valence-corrected chi connectivity index (χ4v) is 2.44. The highest BCUT2D eigenvalue weighted by Gasteiger charge is 2.49. The summed E-state index contributed by atoms with van der Waals surface area (Å²) in [6.07, 6.45) is 5.77. The van der Waals surface area contributed by atoms with Gasteiger partial charge in [0.15, 0.2) is 0 Å². The molecule has 0 aromatic rings. The van der Waals surface area contributed by atoms with Gasteiger partial charge in [-0.2, -0.15) is 0 Å². The average Bonchev–Trinajstić information content (AvgIpc) is 2.69. The SMILES string of the molecule is CCC1(C)CNCC2(CC2)C1. The molecule has 2 aliphatic rings. The van der Waals surface area contributed by atoms with Gasteiger partial charge in [-0.25, -0.2) is 0 Å². The number of nitrogens with one attached hydrogen (secondary N) is 1. The van der Waals surface area contributed by atoms with Gasteiger partial charge in [0.2, 0.25) is 0 Å². The molecule has 1 aliphatic carbocycles. The first-order valence-corrected chi connectivity index (χ1v) is 4.89. The Morgan fingerprint density at radius 1 is 1.27 bits per heavy atom. The van der Waals surface area contributed by atoms with E-state index < -0.39 is 0 Å². The van der Waals surface area contributed by atoms with Crippen molar-refractivity contribution in [1.29, 1.82) is 0 Å². The van der Waals surface area contributed by atoms with Gasteiger partial charge in [0.05, 0.1) is 0 Å². The summed E-state index contributed by atoms with van der Waals surface area (Å²) in [4.78, 5) is 0. The maximum Gasteiger partial charge on any atom is 0.000826 e.